The van der Waals surface area contributed by atoms with Gasteiger partial charge in [-0.05, 0) is 18.2 Å². The van der Waals surface area contributed by atoms with E-state index in [9.17, 15) is 21.6 Å². The highest BCUT2D eigenvalue weighted by molar-refractivity contribution is 7.93. The van der Waals surface area contributed by atoms with E-state index in [1.54, 1.807) is 0 Å². The van der Waals surface area contributed by atoms with Crippen molar-refractivity contribution in [1.82, 2.24) is 4.98 Å². The van der Waals surface area contributed by atoms with Crippen LogP contribution in [0.5, 0.6) is 0 Å². The summed E-state index contributed by atoms with van der Waals surface area (Å²) in [4.78, 5) is 12.6. The Morgan fingerprint density at radius 3 is 2.24 bits per heavy atom. The van der Waals surface area contributed by atoms with Gasteiger partial charge in [-0.15, -0.1) is 0 Å². The molecule has 0 unspecified atom stereocenters. The van der Waals surface area contributed by atoms with Crippen LogP contribution in [0.1, 0.15) is 0 Å². The van der Waals surface area contributed by atoms with Gasteiger partial charge in [-0.2, -0.15) is 0 Å². The number of sulfonamides is 2. The lowest BCUT2D eigenvalue weighted by atomic mass is 10.3. The standard InChI is InChI=1S/C11H11N3O5S2/c12-20(16,17)10-4-2-1-3-9(10)14-21(18,19)8-5-6-11(15)13-7-8/h1-7,14H,(H,13,15)(H2,12,16,17). The zero-order chi connectivity index (χ0) is 15.7. The minimum absolute atomic E-state index is 0.175. The summed E-state index contributed by atoms with van der Waals surface area (Å²) in [5.74, 6) is 0. The van der Waals surface area contributed by atoms with Crippen LogP contribution in [0.2, 0.25) is 0 Å². The average molecular weight is 329 g/mol. The highest BCUT2D eigenvalue weighted by Crippen LogP contribution is 2.22. The Morgan fingerprint density at radius 1 is 1.00 bits per heavy atom. The smallest absolute Gasteiger partial charge is 0.263 e. The van der Waals surface area contributed by atoms with E-state index in [-0.39, 0.29) is 15.5 Å². The second-order valence-electron chi connectivity index (χ2n) is 4.04. The van der Waals surface area contributed by atoms with Crippen molar-refractivity contribution in [1.29, 1.82) is 0 Å². The van der Waals surface area contributed by atoms with Crippen LogP contribution in [0.3, 0.4) is 0 Å². The molecular formula is C11H11N3O5S2. The van der Waals surface area contributed by atoms with Crippen molar-refractivity contribution in [2.24, 2.45) is 5.14 Å². The highest BCUT2D eigenvalue weighted by Gasteiger charge is 2.19. The summed E-state index contributed by atoms with van der Waals surface area (Å²) in [6.07, 6.45) is 1.00. The molecule has 0 spiro atoms. The predicted molar refractivity (Wildman–Crippen MR) is 75.7 cm³/mol. The number of nitrogens with one attached hydrogen (secondary N) is 2. The fourth-order valence-electron chi connectivity index (χ4n) is 1.57. The largest absolute Gasteiger partial charge is 0.328 e. The lowest BCUT2D eigenvalue weighted by Crippen LogP contribution is -2.19. The minimum Gasteiger partial charge on any atom is -0.328 e. The molecule has 0 radical (unpaired) electrons. The van der Waals surface area contributed by atoms with Crippen molar-refractivity contribution in [2.45, 2.75) is 9.79 Å². The molecule has 0 bridgehead atoms. The van der Waals surface area contributed by atoms with E-state index in [1.165, 1.54) is 24.3 Å². The van der Waals surface area contributed by atoms with Crippen molar-refractivity contribution >= 4 is 25.7 Å². The van der Waals surface area contributed by atoms with Gasteiger partial charge in [0.15, 0.2) is 0 Å². The van der Waals surface area contributed by atoms with Gasteiger partial charge in [0, 0.05) is 12.3 Å². The van der Waals surface area contributed by atoms with Crippen molar-refractivity contribution in [2.75, 3.05) is 4.72 Å². The van der Waals surface area contributed by atoms with Crippen molar-refractivity contribution in [3.05, 3.63) is 52.9 Å². The van der Waals surface area contributed by atoms with E-state index in [0.29, 0.717) is 0 Å². The van der Waals surface area contributed by atoms with Gasteiger partial charge < -0.3 is 4.98 Å². The molecule has 0 aliphatic heterocycles. The molecule has 0 amide bonds. The van der Waals surface area contributed by atoms with E-state index in [0.717, 1.165) is 18.3 Å². The van der Waals surface area contributed by atoms with Gasteiger partial charge in [0.25, 0.3) is 10.0 Å². The minimum atomic E-state index is -4.08. The van der Waals surface area contributed by atoms with Crippen LogP contribution in [0.4, 0.5) is 5.69 Å². The molecule has 10 heteroatoms. The third-order valence-corrected chi connectivity index (χ3v) is 4.84. The lowest BCUT2D eigenvalue weighted by Gasteiger charge is -2.11. The van der Waals surface area contributed by atoms with Crippen LogP contribution in [0, 0.1) is 0 Å². The normalized spacial score (nSPS) is 12.0. The van der Waals surface area contributed by atoms with Gasteiger partial charge in [-0.1, -0.05) is 12.1 Å². The van der Waals surface area contributed by atoms with Gasteiger partial charge in [0.1, 0.15) is 9.79 Å². The number of nitrogens with two attached hydrogens (primary N) is 1. The number of anilines is 1. The molecule has 4 N–H and O–H groups in total. The third kappa shape index (κ3) is 3.48. The lowest BCUT2D eigenvalue weighted by molar-refractivity contribution is 0.598. The van der Waals surface area contributed by atoms with Gasteiger partial charge in [0.05, 0.1) is 5.69 Å². The molecule has 0 saturated carbocycles. The number of hydrogen-bond donors (Lipinski definition) is 3. The first kappa shape index (κ1) is 15.2. The predicted octanol–water partition coefficient (Wildman–Crippen LogP) is -0.177. The molecule has 0 aliphatic rings. The maximum Gasteiger partial charge on any atom is 0.263 e. The number of rotatable bonds is 4. The SMILES string of the molecule is NS(=O)(=O)c1ccccc1NS(=O)(=O)c1ccc(=O)[nH]c1. The molecule has 112 valence electrons. The molecule has 21 heavy (non-hydrogen) atoms. The zero-order valence-electron chi connectivity index (χ0n) is 10.5. The second kappa shape index (κ2) is 5.31. The van der Waals surface area contributed by atoms with Crippen LogP contribution in [-0.2, 0) is 20.0 Å². The third-order valence-electron chi connectivity index (χ3n) is 2.50. The van der Waals surface area contributed by atoms with E-state index >= 15 is 0 Å². The van der Waals surface area contributed by atoms with Crippen LogP contribution in [0.25, 0.3) is 0 Å². The number of hydrogen-bond acceptors (Lipinski definition) is 5. The zero-order valence-corrected chi connectivity index (χ0v) is 12.1. The Kier molecular flexibility index (Phi) is 3.85. The molecule has 0 atom stereocenters. The second-order valence-corrected chi connectivity index (χ2v) is 7.25. The van der Waals surface area contributed by atoms with Crippen LogP contribution in [0.15, 0.2) is 57.2 Å². The summed E-state index contributed by atoms with van der Waals surface area (Å²) in [5, 5.41) is 5.02. The summed E-state index contributed by atoms with van der Waals surface area (Å²) >= 11 is 0. The molecule has 1 aromatic heterocycles. The fraction of sp³-hybridized carbons (Fsp3) is 0. The Balaban J connectivity index is 2.47. The summed E-state index contributed by atoms with van der Waals surface area (Å²) in [6, 6.07) is 7.46. The molecule has 0 saturated heterocycles. The van der Waals surface area contributed by atoms with Crippen LogP contribution < -0.4 is 15.4 Å². The van der Waals surface area contributed by atoms with Crippen molar-refractivity contribution in [3.8, 4) is 0 Å². The molecule has 0 fully saturated rings. The number of para-hydroxylation sites is 1. The number of primary sulfonamides is 1. The van der Waals surface area contributed by atoms with Gasteiger partial charge in [-0.25, -0.2) is 22.0 Å². The highest BCUT2D eigenvalue weighted by atomic mass is 32.2. The van der Waals surface area contributed by atoms with Crippen LogP contribution in [-0.4, -0.2) is 21.8 Å². The first-order valence-corrected chi connectivity index (χ1v) is 8.56. The van der Waals surface area contributed by atoms with Crippen LogP contribution >= 0.6 is 0 Å². The first-order chi connectivity index (χ1) is 9.70. The molecular weight excluding hydrogens is 318 g/mol. The maximum absolute atomic E-state index is 12.1. The molecule has 1 heterocycles. The average Bonchev–Trinajstić information content (AvgIpc) is 2.38. The van der Waals surface area contributed by atoms with Crippen molar-refractivity contribution < 1.29 is 16.8 Å². The molecule has 0 aliphatic carbocycles. The quantitative estimate of drug-likeness (QED) is 0.714. The summed E-state index contributed by atoms with van der Waals surface area (Å²) in [7, 11) is -8.13. The molecule has 2 rings (SSSR count). The van der Waals surface area contributed by atoms with Gasteiger partial charge in [-0.3, -0.25) is 9.52 Å². The van der Waals surface area contributed by atoms with E-state index in [1.807, 2.05) is 0 Å². The Hall–Kier alpha value is -2.17. The monoisotopic (exact) mass is 329 g/mol. The number of H-pyrrole nitrogens is 1. The first-order valence-electron chi connectivity index (χ1n) is 5.53. The van der Waals surface area contributed by atoms with Gasteiger partial charge >= 0.3 is 0 Å². The number of pyridine rings is 1. The number of aromatic amines is 1. The topological polar surface area (TPSA) is 139 Å². The van der Waals surface area contributed by atoms with Crippen molar-refractivity contribution in [3.63, 3.8) is 0 Å². The van der Waals surface area contributed by atoms with E-state index < -0.39 is 25.6 Å². The van der Waals surface area contributed by atoms with E-state index in [4.69, 9.17) is 5.14 Å². The van der Waals surface area contributed by atoms with E-state index in [2.05, 4.69) is 9.71 Å². The number of benzene rings is 1. The summed E-state index contributed by atoms with van der Waals surface area (Å²) in [6.45, 7) is 0. The Labute approximate surface area is 120 Å². The Bertz CT molecular complexity index is 912. The Morgan fingerprint density at radius 2 is 1.67 bits per heavy atom. The summed E-state index contributed by atoms with van der Waals surface area (Å²) in [5.41, 5.74) is -0.634. The number of aromatic nitrogens is 1. The molecule has 8 nitrogen and oxygen atoms in total. The molecule has 2 aromatic rings. The fourth-order valence-corrected chi connectivity index (χ4v) is 3.37. The summed E-state index contributed by atoms with van der Waals surface area (Å²) < 4.78 is 49.2. The molecule has 1 aromatic carbocycles. The van der Waals surface area contributed by atoms with Gasteiger partial charge in [0.2, 0.25) is 15.6 Å². The maximum atomic E-state index is 12.1.